The van der Waals surface area contributed by atoms with Crippen LogP contribution in [0.5, 0.6) is 0 Å². The lowest BCUT2D eigenvalue weighted by molar-refractivity contribution is 0.101. The number of aromatic nitrogens is 1. The summed E-state index contributed by atoms with van der Waals surface area (Å²) >= 11 is 1.63. The zero-order valence-corrected chi connectivity index (χ0v) is 12.5. The summed E-state index contributed by atoms with van der Waals surface area (Å²) in [6.45, 7) is 0. The predicted octanol–water partition coefficient (Wildman–Crippen LogP) is 4.03. The molecule has 1 aliphatic rings. The molecular weight excluding hydrogens is 322 g/mol. The van der Waals surface area contributed by atoms with E-state index in [1.54, 1.807) is 11.3 Å². The van der Waals surface area contributed by atoms with E-state index in [0.29, 0.717) is 17.7 Å². The minimum Gasteiger partial charge on any atom is -0.355 e. The molecule has 0 atom stereocenters. The number of anilines is 1. The van der Waals surface area contributed by atoms with Gasteiger partial charge in [0.05, 0.1) is 5.69 Å². The van der Waals surface area contributed by atoms with E-state index in [0.717, 1.165) is 30.2 Å². The van der Waals surface area contributed by atoms with Crippen molar-refractivity contribution in [1.82, 2.24) is 5.16 Å². The van der Waals surface area contributed by atoms with Crippen LogP contribution in [0, 0.1) is 11.6 Å². The molecule has 2 aromatic heterocycles. The number of carbonyl (C=O) groups is 1. The highest BCUT2D eigenvalue weighted by Gasteiger charge is 2.28. The first-order valence-electron chi connectivity index (χ1n) is 6.95. The smallest absolute Gasteiger partial charge is 0.278 e. The summed E-state index contributed by atoms with van der Waals surface area (Å²) in [5.41, 5.74) is 1.53. The van der Waals surface area contributed by atoms with Gasteiger partial charge in [0.15, 0.2) is 11.5 Å². The molecular formula is C16H10F2N2O2S. The molecule has 7 heteroatoms. The number of hydrogen-bond donors (Lipinski definition) is 1. The number of nitrogens with one attached hydrogen (secondary N) is 1. The number of carbonyl (C=O) groups excluding carboxylic acids is 1. The molecule has 0 fully saturated rings. The zero-order valence-electron chi connectivity index (χ0n) is 11.7. The van der Waals surface area contributed by atoms with Gasteiger partial charge < -0.3 is 9.84 Å². The van der Waals surface area contributed by atoms with Gasteiger partial charge in [-0.05, 0) is 36.4 Å². The third kappa shape index (κ3) is 2.33. The van der Waals surface area contributed by atoms with Gasteiger partial charge >= 0.3 is 0 Å². The van der Waals surface area contributed by atoms with E-state index in [2.05, 4.69) is 10.5 Å². The van der Waals surface area contributed by atoms with Crippen LogP contribution in [-0.4, -0.2) is 11.1 Å². The van der Waals surface area contributed by atoms with Crippen LogP contribution >= 0.6 is 11.3 Å². The number of halogens is 2. The van der Waals surface area contributed by atoms with Gasteiger partial charge in [0.1, 0.15) is 11.6 Å². The summed E-state index contributed by atoms with van der Waals surface area (Å²) in [7, 11) is 0. The Labute approximate surface area is 133 Å². The standard InChI is InChI=1S/C16H10F2N2O2S/c17-8-1-3-11(18)12(7-8)19-16(21)14-10-2-4-13-9(5-6-23-13)15(10)22-20-14/h1,3,5-7H,2,4H2,(H,19,21). The van der Waals surface area contributed by atoms with Crippen LogP contribution in [-0.2, 0) is 12.8 Å². The third-order valence-electron chi connectivity index (χ3n) is 3.77. The van der Waals surface area contributed by atoms with Crippen LogP contribution in [0.15, 0.2) is 34.2 Å². The monoisotopic (exact) mass is 332 g/mol. The van der Waals surface area contributed by atoms with E-state index in [-0.39, 0.29) is 11.4 Å². The number of aryl methyl sites for hydroxylation is 1. The molecule has 3 aromatic rings. The van der Waals surface area contributed by atoms with Gasteiger partial charge in [-0.25, -0.2) is 8.78 Å². The van der Waals surface area contributed by atoms with E-state index >= 15 is 0 Å². The molecule has 4 nitrogen and oxygen atoms in total. The second-order valence-corrected chi connectivity index (χ2v) is 6.18. The molecule has 0 aliphatic heterocycles. The highest BCUT2D eigenvalue weighted by Crippen LogP contribution is 2.38. The van der Waals surface area contributed by atoms with Crippen molar-refractivity contribution in [2.75, 3.05) is 5.32 Å². The van der Waals surface area contributed by atoms with Crippen molar-refractivity contribution in [3.8, 4) is 11.3 Å². The van der Waals surface area contributed by atoms with Crippen LogP contribution in [0.3, 0.4) is 0 Å². The first kappa shape index (κ1) is 14.1. The Balaban J connectivity index is 1.67. The normalized spacial score (nSPS) is 12.6. The predicted molar refractivity (Wildman–Crippen MR) is 81.5 cm³/mol. The van der Waals surface area contributed by atoms with Crippen molar-refractivity contribution in [3.05, 3.63) is 57.4 Å². The van der Waals surface area contributed by atoms with Crippen molar-refractivity contribution in [2.45, 2.75) is 12.8 Å². The number of benzene rings is 1. The quantitative estimate of drug-likeness (QED) is 0.771. The Morgan fingerprint density at radius 2 is 2.13 bits per heavy atom. The third-order valence-corrected chi connectivity index (χ3v) is 4.75. The minimum atomic E-state index is -0.711. The van der Waals surface area contributed by atoms with Crippen molar-refractivity contribution in [1.29, 1.82) is 0 Å². The van der Waals surface area contributed by atoms with Crippen molar-refractivity contribution in [2.24, 2.45) is 0 Å². The number of amides is 1. The van der Waals surface area contributed by atoms with Crippen LogP contribution in [0.2, 0.25) is 0 Å². The van der Waals surface area contributed by atoms with Crippen molar-refractivity contribution < 1.29 is 18.1 Å². The lowest BCUT2D eigenvalue weighted by Gasteiger charge is -2.10. The summed E-state index contributed by atoms with van der Waals surface area (Å²) in [4.78, 5) is 13.5. The van der Waals surface area contributed by atoms with Gasteiger partial charge in [-0.1, -0.05) is 5.16 Å². The first-order chi connectivity index (χ1) is 11.1. The van der Waals surface area contributed by atoms with Gasteiger partial charge in [-0.15, -0.1) is 11.3 Å². The average molecular weight is 332 g/mol. The van der Waals surface area contributed by atoms with E-state index in [1.807, 2.05) is 11.4 Å². The lowest BCUT2D eigenvalue weighted by atomic mass is 9.95. The van der Waals surface area contributed by atoms with Crippen molar-refractivity contribution >= 4 is 22.9 Å². The molecule has 0 saturated heterocycles. The topological polar surface area (TPSA) is 55.1 Å². The van der Waals surface area contributed by atoms with Crippen LogP contribution in [0.1, 0.15) is 20.9 Å². The lowest BCUT2D eigenvalue weighted by Crippen LogP contribution is -2.16. The molecule has 0 unspecified atom stereocenters. The molecule has 1 N–H and O–H groups in total. The highest BCUT2D eigenvalue weighted by molar-refractivity contribution is 7.10. The number of rotatable bonds is 2. The number of fused-ring (bicyclic) bond motifs is 3. The van der Waals surface area contributed by atoms with Crippen molar-refractivity contribution in [3.63, 3.8) is 0 Å². The van der Waals surface area contributed by atoms with Gasteiger partial charge in [0.2, 0.25) is 0 Å². The Morgan fingerprint density at radius 3 is 3.00 bits per heavy atom. The number of nitrogens with zero attached hydrogens (tertiary/aromatic N) is 1. The van der Waals surface area contributed by atoms with Gasteiger partial charge in [-0.2, -0.15) is 0 Å². The Hall–Kier alpha value is -2.54. The van der Waals surface area contributed by atoms with E-state index < -0.39 is 17.5 Å². The largest absolute Gasteiger partial charge is 0.355 e. The van der Waals surface area contributed by atoms with Gasteiger partial charge in [0.25, 0.3) is 5.91 Å². The molecule has 116 valence electrons. The highest BCUT2D eigenvalue weighted by atomic mass is 32.1. The molecule has 0 spiro atoms. The van der Waals surface area contributed by atoms with E-state index in [4.69, 9.17) is 4.52 Å². The molecule has 1 amide bonds. The second kappa shape index (κ2) is 5.27. The minimum absolute atomic E-state index is 0.112. The van der Waals surface area contributed by atoms with Crippen LogP contribution < -0.4 is 5.32 Å². The summed E-state index contributed by atoms with van der Waals surface area (Å²) in [5, 5.41) is 8.14. The second-order valence-electron chi connectivity index (χ2n) is 5.17. The molecule has 23 heavy (non-hydrogen) atoms. The maximum Gasteiger partial charge on any atom is 0.278 e. The maximum absolute atomic E-state index is 13.6. The summed E-state index contributed by atoms with van der Waals surface area (Å²) in [6.07, 6.45) is 1.43. The Kier molecular flexibility index (Phi) is 3.23. The molecule has 0 saturated carbocycles. The Morgan fingerprint density at radius 1 is 1.26 bits per heavy atom. The van der Waals surface area contributed by atoms with E-state index in [1.165, 1.54) is 4.88 Å². The van der Waals surface area contributed by atoms with Crippen LogP contribution in [0.4, 0.5) is 14.5 Å². The molecule has 1 aromatic carbocycles. The fourth-order valence-electron chi connectivity index (χ4n) is 2.68. The van der Waals surface area contributed by atoms with E-state index in [9.17, 15) is 13.6 Å². The molecule has 0 bridgehead atoms. The number of hydrogen-bond acceptors (Lipinski definition) is 4. The molecule has 4 rings (SSSR count). The van der Waals surface area contributed by atoms with Crippen LogP contribution in [0.25, 0.3) is 11.3 Å². The fraction of sp³-hybridized carbons (Fsp3) is 0.125. The SMILES string of the molecule is O=C(Nc1cc(F)ccc1F)c1noc2c1CCc1sccc1-2. The summed E-state index contributed by atoms with van der Waals surface area (Å²) < 4.78 is 32.1. The zero-order chi connectivity index (χ0) is 16.0. The molecule has 1 aliphatic carbocycles. The first-order valence-corrected chi connectivity index (χ1v) is 7.83. The average Bonchev–Trinajstić information content (AvgIpc) is 3.16. The Bertz CT molecular complexity index is 917. The maximum atomic E-state index is 13.6. The summed E-state index contributed by atoms with van der Waals surface area (Å²) in [6, 6.07) is 4.80. The molecule has 0 radical (unpaired) electrons. The van der Waals surface area contributed by atoms with Gasteiger partial charge in [0, 0.05) is 22.1 Å². The molecule has 2 heterocycles. The summed E-state index contributed by atoms with van der Waals surface area (Å²) in [5.74, 6) is -1.38. The fourth-order valence-corrected chi connectivity index (χ4v) is 3.56. The number of thiophene rings is 1. The van der Waals surface area contributed by atoms with Gasteiger partial charge in [-0.3, -0.25) is 4.79 Å².